The molecule has 2 N–H and O–H groups in total. The van der Waals surface area contributed by atoms with Crippen LogP contribution >= 0.6 is 0 Å². The van der Waals surface area contributed by atoms with Crippen molar-refractivity contribution >= 4 is 0 Å². The standard InChI is InChI=1S/C18H30N2/c1-6-14-9-7-8-10-15(14)13-19-16-11-17(2,3)20-18(4,5)12-16/h7-10,16,19-20H,6,11-13H2,1-5H3. The van der Waals surface area contributed by atoms with Crippen LogP contribution in [-0.4, -0.2) is 17.1 Å². The largest absolute Gasteiger partial charge is 0.310 e. The van der Waals surface area contributed by atoms with Crippen LogP contribution in [0, 0.1) is 0 Å². The minimum Gasteiger partial charge on any atom is -0.310 e. The van der Waals surface area contributed by atoms with Gasteiger partial charge < -0.3 is 10.6 Å². The van der Waals surface area contributed by atoms with E-state index >= 15 is 0 Å². The molecule has 2 rings (SSSR count). The summed E-state index contributed by atoms with van der Waals surface area (Å²) in [4.78, 5) is 0. The van der Waals surface area contributed by atoms with Gasteiger partial charge in [0.05, 0.1) is 0 Å². The lowest BCUT2D eigenvalue weighted by atomic mass is 9.79. The maximum atomic E-state index is 3.78. The number of nitrogens with one attached hydrogen (secondary N) is 2. The van der Waals surface area contributed by atoms with E-state index in [9.17, 15) is 0 Å². The summed E-state index contributed by atoms with van der Waals surface area (Å²) in [7, 11) is 0. The Morgan fingerprint density at radius 2 is 1.60 bits per heavy atom. The summed E-state index contributed by atoms with van der Waals surface area (Å²) in [5, 5.41) is 7.53. The molecule has 112 valence electrons. The van der Waals surface area contributed by atoms with Gasteiger partial charge in [0.25, 0.3) is 0 Å². The second-order valence-electron chi connectivity index (χ2n) is 7.50. The van der Waals surface area contributed by atoms with E-state index in [1.165, 1.54) is 24.0 Å². The van der Waals surface area contributed by atoms with Crippen molar-refractivity contribution in [2.45, 2.75) is 77.5 Å². The third-order valence-corrected chi connectivity index (χ3v) is 4.27. The molecule has 2 heteroatoms. The lowest BCUT2D eigenvalue weighted by Gasteiger charge is -2.46. The molecule has 20 heavy (non-hydrogen) atoms. The van der Waals surface area contributed by atoms with E-state index in [4.69, 9.17) is 0 Å². The van der Waals surface area contributed by atoms with Crippen LogP contribution in [-0.2, 0) is 13.0 Å². The first kappa shape index (κ1) is 15.5. The van der Waals surface area contributed by atoms with Gasteiger partial charge in [-0.3, -0.25) is 0 Å². The van der Waals surface area contributed by atoms with E-state index < -0.39 is 0 Å². The molecule has 2 nitrogen and oxygen atoms in total. The highest BCUT2D eigenvalue weighted by atomic mass is 15.1. The van der Waals surface area contributed by atoms with Crippen molar-refractivity contribution < 1.29 is 0 Å². The molecule has 1 aliphatic rings. The summed E-state index contributed by atoms with van der Waals surface area (Å²) in [5.74, 6) is 0. The van der Waals surface area contributed by atoms with Crippen molar-refractivity contribution in [1.82, 2.24) is 10.6 Å². The zero-order chi connectivity index (χ0) is 14.8. The Balaban J connectivity index is 2.00. The topological polar surface area (TPSA) is 24.1 Å². The summed E-state index contributed by atoms with van der Waals surface area (Å²) in [5.41, 5.74) is 3.34. The summed E-state index contributed by atoms with van der Waals surface area (Å²) in [6.45, 7) is 12.5. The third kappa shape index (κ3) is 4.07. The molecule has 1 aromatic rings. The molecule has 0 aliphatic carbocycles. The predicted octanol–water partition coefficient (Wildman–Crippen LogP) is 3.65. The fourth-order valence-electron chi connectivity index (χ4n) is 3.80. The Morgan fingerprint density at radius 1 is 1.05 bits per heavy atom. The average Bonchev–Trinajstić information content (AvgIpc) is 2.33. The summed E-state index contributed by atoms with van der Waals surface area (Å²) < 4.78 is 0. The Morgan fingerprint density at radius 3 is 2.15 bits per heavy atom. The van der Waals surface area contributed by atoms with Gasteiger partial charge in [-0.1, -0.05) is 31.2 Å². The number of rotatable bonds is 4. The van der Waals surface area contributed by atoms with Gasteiger partial charge in [0.15, 0.2) is 0 Å². The molecule has 0 bridgehead atoms. The third-order valence-electron chi connectivity index (χ3n) is 4.27. The molecule has 0 amide bonds. The van der Waals surface area contributed by atoms with Gasteiger partial charge >= 0.3 is 0 Å². The van der Waals surface area contributed by atoms with Crippen molar-refractivity contribution in [1.29, 1.82) is 0 Å². The van der Waals surface area contributed by atoms with E-state index in [1.807, 2.05) is 0 Å². The van der Waals surface area contributed by atoms with Gasteiger partial charge in [-0.25, -0.2) is 0 Å². The molecule has 0 atom stereocenters. The van der Waals surface area contributed by atoms with Crippen LogP contribution in [0.4, 0.5) is 0 Å². The SMILES string of the molecule is CCc1ccccc1CNC1CC(C)(C)NC(C)(C)C1. The highest BCUT2D eigenvalue weighted by Crippen LogP contribution is 2.28. The van der Waals surface area contributed by atoms with Gasteiger partial charge in [0, 0.05) is 23.7 Å². The fourth-order valence-corrected chi connectivity index (χ4v) is 3.80. The first-order valence-corrected chi connectivity index (χ1v) is 7.91. The minimum absolute atomic E-state index is 0.212. The van der Waals surface area contributed by atoms with Crippen molar-refractivity contribution in [3.8, 4) is 0 Å². The second-order valence-corrected chi connectivity index (χ2v) is 7.50. The van der Waals surface area contributed by atoms with E-state index in [0.717, 1.165) is 13.0 Å². The lowest BCUT2D eigenvalue weighted by Crippen LogP contribution is -2.61. The van der Waals surface area contributed by atoms with Gasteiger partial charge in [-0.15, -0.1) is 0 Å². The zero-order valence-corrected chi connectivity index (χ0v) is 13.7. The van der Waals surface area contributed by atoms with E-state index in [0.29, 0.717) is 6.04 Å². The maximum absolute atomic E-state index is 3.78. The number of hydrogen-bond acceptors (Lipinski definition) is 2. The summed E-state index contributed by atoms with van der Waals surface area (Å²) in [6, 6.07) is 9.37. The summed E-state index contributed by atoms with van der Waals surface area (Å²) >= 11 is 0. The Kier molecular flexibility index (Phi) is 4.55. The second kappa shape index (κ2) is 5.87. The Labute approximate surface area is 124 Å². The van der Waals surface area contributed by atoms with Gasteiger partial charge in [-0.05, 0) is 58.1 Å². The van der Waals surface area contributed by atoms with Crippen LogP contribution in [0.15, 0.2) is 24.3 Å². The van der Waals surface area contributed by atoms with Gasteiger partial charge in [0.2, 0.25) is 0 Å². The fraction of sp³-hybridized carbons (Fsp3) is 0.667. The normalized spacial score (nSPS) is 21.9. The first-order chi connectivity index (χ1) is 9.31. The molecule has 0 aromatic heterocycles. The number of benzene rings is 1. The molecule has 0 unspecified atom stereocenters. The van der Waals surface area contributed by atoms with Crippen LogP contribution in [0.1, 0.15) is 58.6 Å². The molecule has 1 fully saturated rings. The van der Waals surface area contributed by atoms with Crippen molar-refractivity contribution in [2.24, 2.45) is 0 Å². The van der Waals surface area contributed by atoms with E-state index in [-0.39, 0.29) is 11.1 Å². The molecule has 1 heterocycles. The Hall–Kier alpha value is -0.860. The quantitative estimate of drug-likeness (QED) is 0.876. The van der Waals surface area contributed by atoms with Gasteiger partial charge in [-0.2, -0.15) is 0 Å². The number of aryl methyl sites for hydroxylation is 1. The predicted molar refractivity (Wildman–Crippen MR) is 87.0 cm³/mol. The van der Waals surface area contributed by atoms with Crippen molar-refractivity contribution in [3.05, 3.63) is 35.4 Å². The van der Waals surface area contributed by atoms with E-state index in [2.05, 4.69) is 69.5 Å². The molecule has 1 aliphatic heterocycles. The van der Waals surface area contributed by atoms with Crippen LogP contribution in [0.5, 0.6) is 0 Å². The van der Waals surface area contributed by atoms with Crippen molar-refractivity contribution in [2.75, 3.05) is 0 Å². The van der Waals surface area contributed by atoms with Crippen molar-refractivity contribution in [3.63, 3.8) is 0 Å². The smallest absolute Gasteiger partial charge is 0.0210 e. The molecule has 0 saturated carbocycles. The van der Waals surface area contributed by atoms with Crippen LogP contribution in [0.2, 0.25) is 0 Å². The number of hydrogen-bond donors (Lipinski definition) is 2. The van der Waals surface area contributed by atoms with Crippen LogP contribution in [0.25, 0.3) is 0 Å². The lowest BCUT2D eigenvalue weighted by molar-refractivity contribution is 0.145. The molecule has 0 radical (unpaired) electrons. The zero-order valence-electron chi connectivity index (χ0n) is 13.7. The molecular formula is C18H30N2. The minimum atomic E-state index is 0.212. The summed E-state index contributed by atoms with van der Waals surface area (Å²) in [6.07, 6.45) is 3.48. The monoisotopic (exact) mass is 274 g/mol. The molecule has 1 saturated heterocycles. The molecule has 0 spiro atoms. The van der Waals surface area contributed by atoms with Crippen LogP contribution < -0.4 is 10.6 Å². The molecular weight excluding hydrogens is 244 g/mol. The highest BCUT2D eigenvalue weighted by Gasteiger charge is 2.37. The van der Waals surface area contributed by atoms with Gasteiger partial charge in [0.1, 0.15) is 0 Å². The molecule has 1 aromatic carbocycles. The van der Waals surface area contributed by atoms with E-state index in [1.54, 1.807) is 0 Å². The highest BCUT2D eigenvalue weighted by molar-refractivity contribution is 5.27. The first-order valence-electron chi connectivity index (χ1n) is 7.91. The maximum Gasteiger partial charge on any atom is 0.0210 e. The average molecular weight is 274 g/mol. The number of piperidine rings is 1. The Bertz CT molecular complexity index is 432. The van der Waals surface area contributed by atoms with Crippen LogP contribution in [0.3, 0.4) is 0 Å².